The molecule has 0 saturated heterocycles. The zero-order chi connectivity index (χ0) is 17.1. The summed E-state index contributed by atoms with van der Waals surface area (Å²) >= 11 is 5.83. The molecule has 0 atom stereocenters. The van der Waals surface area contributed by atoms with E-state index in [-0.39, 0.29) is 22.3 Å². The Labute approximate surface area is 133 Å². The van der Waals surface area contributed by atoms with Crippen LogP contribution in [0.3, 0.4) is 0 Å². The van der Waals surface area contributed by atoms with Crippen LogP contribution in [0, 0.1) is 10.1 Å². The predicted molar refractivity (Wildman–Crippen MR) is 81.8 cm³/mol. The molecule has 0 amide bonds. The van der Waals surface area contributed by atoms with Crippen LogP contribution in [0.2, 0.25) is 5.02 Å². The quantitative estimate of drug-likeness (QED) is 0.571. The van der Waals surface area contributed by atoms with Crippen LogP contribution in [0.5, 0.6) is 17.4 Å². The number of hydrogen-bond donors (Lipinski definition) is 3. The van der Waals surface area contributed by atoms with Crippen molar-refractivity contribution in [3.63, 3.8) is 0 Å². The maximum atomic E-state index is 11.5. The van der Waals surface area contributed by atoms with Crippen molar-refractivity contribution in [3.8, 4) is 17.4 Å². The molecule has 10 heteroatoms. The fraction of sp³-hybridized carbons (Fsp3) is 0.0769. The minimum atomic E-state index is -1.08. The van der Waals surface area contributed by atoms with E-state index in [2.05, 4.69) is 9.97 Å². The lowest BCUT2D eigenvalue weighted by molar-refractivity contribution is -0.387. The minimum Gasteiger partial charge on any atom is -0.503 e. The molecule has 2 rings (SSSR count). The van der Waals surface area contributed by atoms with Gasteiger partial charge in [-0.25, -0.2) is 0 Å². The molecule has 0 fully saturated rings. The van der Waals surface area contributed by atoms with Crippen LogP contribution in [0.15, 0.2) is 16.9 Å². The second kappa shape index (κ2) is 6.36. The Morgan fingerprint density at radius 2 is 2.09 bits per heavy atom. The third-order valence-electron chi connectivity index (χ3n) is 2.78. The molecular formula is C13H10ClN3O6. The van der Waals surface area contributed by atoms with Gasteiger partial charge in [0.15, 0.2) is 11.5 Å². The van der Waals surface area contributed by atoms with Crippen LogP contribution in [-0.2, 0) is 0 Å². The Hall–Kier alpha value is -3.07. The number of aromatic amines is 1. The fourth-order valence-electron chi connectivity index (χ4n) is 1.74. The van der Waals surface area contributed by atoms with Crippen LogP contribution < -0.4 is 10.3 Å². The summed E-state index contributed by atoms with van der Waals surface area (Å²) in [7, 11) is 1.35. The Morgan fingerprint density at radius 1 is 1.39 bits per heavy atom. The highest BCUT2D eigenvalue weighted by Crippen LogP contribution is 2.35. The molecule has 23 heavy (non-hydrogen) atoms. The van der Waals surface area contributed by atoms with Crippen LogP contribution >= 0.6 is 11.6 Å². The summed E-state index contributed by atoms with van der Waals surface area (Å²) in [5.74, 6) is -1.16. The number of halogens is 1. The van der Waals surface area contributed by atoms with Gasteiger partial charge in [-0.3, -0.25) is 14.9 Å². The monoisotopic (exact) mass is 339 g/mol. The Balaban J connectivity index is 2.40. The number of nitro groups is 1. The van der Waals surface area contributed by atoms with E-state index in [0.29, 0.717) is 5.56 Å². The summed E-state index contributed by atoms with van der Waals surface area (Å²) in [6.45, 7) is 0. The van der Waals surface area contributed by atoms with Gasteiger partial charge in [-0.05, 0) is 23.8 Å². The summed E-state index contributed by atoms with van der Waals surface area (Å²) in [6.07, 6.45) is 2.75. The number of aromatic nitrogens is 2. The normalized spacial score (nSPS) is 10.9. The highest BCUT2D eigenvalue weighted by molar-refractivity contribution is 6.32. The topological polar surface area (TPSA) is 139 Å². The maximum absolute atomic E-state index is 11.5. The van der Waals surface area contributed by atoms with Gasteiger partial charge in [-0.2, -0.15) is 4.98 Å². The number of phenolic OH excluding ortho intramolecular Hbond substituents is 1. The number of rotatable bonds is 4. The van der Waals surface area contributed by atoms with E-state index in [0.717, 1.165) is 0 Å². The van der Waals surface area contributed by atoms with Gasteiger partial charge in [0.25, 0.3) is 5.88 Å². The molecule has 0 spiro atoms. The second-order valence-electron chi connectivity index (χ2n) is 4.27. The minimum absolute atomic E-state index is 0.0528. The van der Waals surface area contributed by atoms with E-state index in [9.17, 15) is 25.1 Å². The van der Waals surface area contributed by atoms with Crippen molar-refractivity contribution in [3.05, 3.63) is 49.0 Å². The van der Waals surface area contributed by atoms with Crippen molar-refractivity contribution in [1.29, 1.82) is 0 Å². The molecular weight excluding hydrogens is 330 g/mol. The lowest BCUT2D eigenvalue weighted by Gasteiger charge is -2.06. The largest absolute Gasteiger partial charge is 0.503 e. The molecule has 1 aromatic carbocycles. The molecule has 0 radical (unpaired) electrons. The Bertz CT molecular complexity index is 862. The first-order chi connectivity index (χ1) is 10.8. The third kappa shape index (κ3) is 3.40. The molecule has 3 N–H and O–H groups in total. The van der Waals surface area contributed by atoms with E-state index < -0.39 is 22.0 Å². The predicted octanol–water partition coefficient (Wildman–Crippen LogP) is 1.92. The number of nitrogens with one attached hydrogen (secondary N) is 1. The number of methoxy groups -OCH3 is 1. The zero-order valence-electron chi connectivity index (χ0n) is 11.6. The van der Waals surface area contributed by atoms with Crippen molar-refractivity contribution in [1.82, 2.24) is 9.97 Å². The van der Waals surface area contributed by atoms with Gasteiger partial charge >= 0.3 is 11.2 Å². The van der Waals surface area contributed by atoms with E-state index in [1.807, 2.05) is 0 Å². The average molecular weight is 340 g/mol. The van der Waals surface area contributed by atoms with Gasteiger partial charge in [-0.15, -0.1) is 0 Å². The van der Waals surface area contributed by atoms with Crippen molar-refractivity contribution >= 4 is 29.4 Å². The Kier molecular flexibility index (Phi) is 4.51. The molecule has 0 aliphatic carbocycles. The molecule has 0 aliphatic rings. The van der Waals surface area contributed by atoms with Crippen molar-refractivity contribution in [2.24, 2.45) is 0 Å². The van der Waals surface area contributed by atoms with Crippen LogP contribution in [-0.4, -0.2) is 32.2 Å². The summed E-state index contributed by atoms with van der Waals surface area (Å²) in [4.78, 5) is 26.7. The third-order valence-corrected chi connectivity index (χ3v) is 3.07. The standard InChI is InChI=1S/C13H10ClN3O6/c1-23-8-5-6(4-7(14)11(8)18)2-3-9-15-12(19)10(17(21)22)13(20)16-9/h2-5,18H,1H3,(H2,15,16,19,20). The lowest BCUT2D eigenvalue weighted by Crippen LogP contribution is -2.14. The van der Waals surface area contributed by atoms with E-state index in [1.165, 1.54) is 31.4 Å². The molecule has 0 bridgehead atoms. The smallest absolute Gasteiger partial charge is 0.395 e. The molecule has 0 saturated carbocycles. The van der Waals surface area contributed by atoms with Gasteiger partial charge in [-0.1, -0.05) is 17.7 Å². The van der Waals surface area contributed by atoms with Crippen LogP contribution in [0.25, 0.3) is 12.2 Å². The summed E-state index contributed by atoms with van der Waals surface area (Å²) in [5.41, 5.74) is -1.61. The van der Waals surface area contributed by atoms with Crippen molar-refractivity contribution < 1.29 is 19.9 Å². The number of hydrogen-bond acceptors (Lipinski definition) is 7. The summed E-state index contributed by atoms with van der Waals surface area (Å²) in [6, 6.07) is 2.90. The molecule has 1 aromatic heterocycles. The highest BCUT2D eigenvalue weighted by Gasteiger charge is 2.21. The molecule has 120 valence electrons. The number of benzene rings is 1. The first-order valence-corrected chi connectivity index (χ1v) is 6.43. The number of ether oxygens (including phenoxy) is 1. The van der Waals surface area contributed by atoms with E-state index in [1.54, 1.807) is 0 Å². The first kappa shape index (κ1) is 16.3. The van der Waals surface area contributed by atoms with Gasteiger partial charge in [0, 0.05) is 0 Å². The average Bonchev–Trinajstić information content (AvgIpc) is 2.47. The molecule has 0 aliphatic heterocycles. The Morgan fingerprint density at radius 3 is 2.65 bits per heavy atom. The van der Waals surface area contributed by atoms with Crippen molar-refractivity contribution in [2.45, 2.75) is 0 Å². The van der Waals surface area contributed by atoms with E-state index >= 15 is 0 Å². The molecule has 1 heterocycles. The van der Waals surface area contributed by atoms with Crippen LogP contribution in [0.4, 0.5) is 5.69 Å². The summed E-state index contributed by atoms with van der Waals surface area (Å²) in [5, 5.41) is 29.7. The highest BCUT2D eigenvalue weighted by atomic mass is 35.5. The lowest BCUT2D eigenvalue weighted by atomic mass is 10.2. The number of phenols is 1. The number of aromatic hydroxyl groups is 2. The fourth-order valence-corrected chi connectivity index (χ4v) is 1.96. The van der Waals surface area contributed by atoms with Gasteiger partial charge < -0.3 is 19.9 Å². The molecule has 2 aromatic rings. The first-order valence-electron chi connectivity index (χ1n) is 6.05. The number of H-pyrrole nitrogens is 1. The zero-order valence-corrected chi connectivity index (χ0v) is 12.4. The van der Waals surface area contributed by atoms with Gasteiger partial charge in [0.1, 0.15) is 5.82 Å². The van der Waals surface area contributed by atoms with Gasteiger partial charge in [0.2, 0.25) is 0 Å². The number of nitrogens with zero attached hydrogens (tertiary/aromatic N) is 2. The summed E-state index contributed by atoms with van der Waals surface area (Å²) < 4.78 is 4.94. The van der Waals surface area contributed by atoms with E-state index in [4.69, 9.17) is 16.3 Å². The van der Waals surface area contributed by atoms with Gasteiger partial charge in [0.05, 0.1) is 17.1 Å². The van der Waals surface area contributed by atoms with Crippen LogP contribution in [0.1, 0.15) is 11.4 Å². The SMILES string of the molecule is COc1cc(C=Cc2nc(O)c([N+](=O)[O-])c(=O)[nH]2)cc(Cl)c1O. The molecule has 0 unspecified atom stereocenters. The maximum Gasteiger partial charge on any atom is 0.395 e. The molecule has 9 nitrogen and oxygen atoms in total. The van der Waals surface area contributed by atoms with Crippen molar-refractivity contribution in [2.75, 3.05) is 7.11 Å². The second-order valence-corrected chi connectivity index (χ2v) is 4.67.